The summed E-state index contributed by atoms with van der Waals surface area (Å²) >= 11 is 1.83. The zero-order chi connectivity index (χ0) is 20.3. The summed E-state index contributed by atoms with van der Waals surface area (Å²) in [5.74, 6) is 0.0567. The van der Waals surface area contributed by atoms with Gasteiger partial charge in [0, 0.05) is 24.5 Å². The standard InChI is InChI=1S/C25H27N3OS/c29-24(26-21-10-4-5-11-22(21)27-14-6-7-15-27)18-28-16-12-23-20(13-17-30-23)25(28)19-8-2-1-3-9-19/h1-5,8-11,13,17,25H,6-7,12,14-16,18H2,(H,26,29)/t25-/m0/s1. The molecule has 0 bridgehead atoms. The van der Waals surface area contributed by atoms with E-state index in [1.807, 2.05) is 29.5 Å². The van der Waals surface area contributed by atoms with Gasteiger partial charge >= 0.3 is 0 Å². The molecule has 1 fully saturated rings. The largest absolute Gasteiger partial charge is 0.370 e. The van der Waals surface area contributed by atoms with Gasteiger partial charge in [-0.3, -0.25) is 9.69 Å². The number of amides is 1. The number of thiophene rings is 1. The van der Waals surface area contributed by atoms with Crippen molar-refractivity contribution in [2.75, 3.05) is 36.4 Å². The molecule has 3 aromatic rings. The van der Waals surface area contributed by atoms with Crippen molar-refractivity contribution in [2.45, 2.75) is 25.3 Å². The molecule has 3 heterocycles. The molecule has 0 unspecified atom stereocenters. The minimum absolute atomic E-state index is 0.0567. The first-order valence-corrected chi connectivity index (χ1v) is 11.7. The Balaban J connectivity index is 1.36. The van der Waals surface area contributed by atoms with E-state index in [-0.39, 0.29) is 11.9 Å². The van der Waals surface area contributed by atoms with Crippen molar-refractivity contribution in [3.8, 4) is 0 Å². The summed E-state index contributed by atoms with van der Waals surface area (Å²) < 4.78 is 0. The maximum absolute atomic E-state index is 13.1. The van der Waals surface area contributed by atoms with E-state index >= 15 is 0 Å². The maximum Gasteiger partial charge on any atom is 0.238 e. The maximum atomic E-state index is 13.1. The Morgan fingerprint density at radius 2 is 1.73 bits per heavy atom. The second-order valence-electron chi connectivity index (χ2n) is 8.09. The summed E-state index contributed by atoms with van der Waals surface area (Å²) in [4.78, 5) is 19.2. The number of carbonyl (C=O) groups excluding carboxylic acids is 1. The highest BCUT2D eigenvalue weighted by Gasteiger charge is 2.31. The summed E-state index contributed by atoms with van der Waals surface area (Å²) in [7, 11) is 0. The molecule has 1 atom stereocenters. The van der Waals surface area contributed by atoms with E-state index in [2.05, 4.69) is 63.0 Å². The molecular weight excluding hydrogens is 390 g/mol. The fraction of sp³-hybridized carbons (Fsp3) is 0.320. The fourth-order valence-electron chi connectivity index (χ4n) is 4.75. The van der Waals surface area contributed by atoms with Crippen LogP contribution in [0.15, 0.2) is 66.0 Å². The van der Waals surface area contributed by atoms with Gasteiger partial charge in [-0.15, -0.1) is 11.3 Å². The Labute approximate surface area is 182 Å². The molecule has 1 aromatic heterocycles. The molecule has 154 valence electrons. The molecule has 2 aromatic carbocycles. The van der Waals surface area contributed by atoms with Crippen LogP contribution in [0.3, 0.4) is 0 Å². The summed E-state index contributed by atoms with van der Waals surface area (Å²) in [5.41, 5.74) is 4.67. The van der Waals surface area contributed by atoms with Gasteiger partial charge in [0.1, 0.15) is 0 Å². The molecule has 0 radical (unpaired) electrons. The predicted octanol–water partition coefficient (Wildman–Crippen LogP) is 4.93. The third-order valence-corrected chi connectivity index (χ3v) is 7.15. The van der Waals surface area contributed by atoms with Crippen molar-refractivity contribution in [1.82, 2.24) is 4.90 Å². The first-order valence-electron chi connectivity index (χ1n) is 10.8. The van der Waals surface area contributed by atoms with Crippen molar-refractivity contribution < 1.29 is 4.79 Å². The van der Waals surface area contributed by atoms with Crippen molar-refractivity contribution in [1.29, 1.82) is 0 Å². The van der Waals surface area contributed by atoms with Gasteiger partial charge in [0.2, 0.25) is 5.91 Å². The number of rotatable bonds is 5. The molecule has 2 aliphatic rings. The van der Waals surface area contributed by atoms with Gasteiger partial charge in [-0.25, -0.2) is 0 Å². The summed E-state index contributed by atoms with van der Waals surface area (Å²) in [6, 6.07) is 21.1. The van der Waals surface area contributed by atoms with Gasteiger partial charge in [-0.05, 0) is 54.0 Å². The van der Waals surface area contributed by atoms with Gasteiger partial charge in [-0.2, -0.15) is 0 Å². The molecule has 5 heteroatoms. The molecule has 0 spiro atoms. The average Bonchev–Trinajstić information content (AvgIpc) is 3.47. The van der Waals surface area contributed by atoms with E-state index in [0.29, 0.717) is 6.54 Å². The predicted molar refractivity (Wildman–Crippen MR) is 124 cm³/mol. The highest BCUT2D eigenvalue weighted by molar-refractivity contribution is 7.10. The van der Waals surface area contributed by atoms with Gasteiger partial charge < -0.3 is 10.2 Å². The van der Waals surface area contributed by atoms with E-state index in [1.165, 1.54) is 28.8 Å². The Bertz CT molecular complexity index is 1010. The molecular formula is C25H27N3OS. The molecule has 5 rings (SSSR count). The van der Waals surface area contributed by atoms with Gasteiger partial charge in [0.15, 0.2) is 0 Å². The highest BCUT2D eigenvalue weighted by atomic mass is 32.1. The quantitative estimate of drug-likeness (QED) is 0.639. The van der Waals surface area contributed by atoms with Crippen LogP contribution in [0.5, 0.6) is 0 Å². The topological polar surface area (TPSA) is 35.6 Å². The Morgan fingerprint density at radius 1 is 0.967 bits per heavy atom. The van der Waals surface area contributed by atoms with Crippen LogP contribution in [0.4, 0.5) is 11.4 Å². The second-order valence-corrected chi connectivity index (χ2v) is 9.09. The van der Waals surface area contributed by atoms with Crippen LogP contribution in [-0.2, 0) is 11.2 Å². The van der Waals surface area contributed by atoms with Crippen LogP contribution in [0.2, 0.25) is 0 Å². The number of fused-ring (bicyclic) bond motifs is 1. The Morgan fingerprint density at radius 3 is 2.57 bits per heavy atom. The van der Waals surface area contributed by atoms with E-state index in [9.17, 15) is 4.79 Å². The zero-order valence-corrected chi connectivity index (χ0v) is 17.9. The normalized spacial score (nSPS) is 18.9. The monoisotopic (exact) mass is 417 g/mol. The van der Waals surface area contributed by atoms with Gasteiger partial charge in [0.05, 0.1) is 24.0 Å². The third-order valence-electron chi connectivity index (χ3n) is 6.15. The number of hydrogen-bond acceptors (Lipinski definition) is 4. The van der Waals surface area contributed by atoms with Gasteiger partial charge in [-0.1, -0.05) is 42.5 Å². The van der Waals surface area contributed by atoms with Crippen LogP contribution in [0, 0.1) is 0 Å². The van der Waals surface area contributed by atoms with E-state index in [0.717, 1.165) is 37.4 Å². The lowest BCUT2D eigenvalue weighted by Gasteiger charge is -2.35. The smallest absolute Gasteiger partial charge is 0.238 e. The summed E-state index contributed by atoms with van der Waals surface area (Å²) in [6.45, 7) is 3.42. The van der Waals surface area contributed by atoms with E-state index < -0.39 is 0 Å². The Kier molecular flexibility index (Phi) is 5.56. The molecule has 2 aliphatic heterocycles. The molecule has 0 saturated carbocycles. The fourth-order valence-corrected chi connectivity index (χ4v) is 5.66. The molecule has 1 saturated heterocycles. The third kappa shape index (κ3) is 3.87. The number of hydrogen-bond donors (Lipinski definition) is 1. The number of para-hydroxylation sites is 2. The SMILES string of the molecule is O=C(CN1CCc2sccc2[C@@H]1c1ccccc1)Nc1ccccc1N1CCCC1. The van der Waals surface area contributed by atoms with Gasteiger partial charge in [0.25, 0.3) is 0 Å². The minimum Gasteiger partial charge on any atom is -0.370 e. The van der Waals surface area contributed by atoms with Crippen molar-refractivity contribution in [3.05, 3.63) is 82.0 Å². The summed E-state index contributed by atoms with van der Waals surface area (Å²) in [6.07, 6.45) is 3.45. The zero-order valence-electron chi connectivity index (χ0n) is 17.1. The number of nitrogens with one attached hydrogen (secondary N) is 1. The molecule has 0 aliphatic carbocycles. The van der Waals surface area contributed by atoms with Crippen LogP contribution >= 0.6 is 11.3 Å². The first kappa shape index (κ1) is 19.3. The number of anilines is 2. The van der Waals surface area contributed by atoms with Crippen LogP contribution < -0.4 is 10.2 Å². The minimum atomic E-state index is 0.0567. The second kappa shape index (κ2) is 8.62. The summed E-state index contributed by atoms with van der Waals surface area (Å²) in [5, 5.41) is 5.38. The molecule has 1 N–H and O–H groups in total. The highest BCUT2D eigenvalue weighted by Crippen LogP contribution is 2.37. The number of carbonyl (C=O) groups is 1. The van der Waals surface area contributed by atoms with Crippen molar-refractivity contribution >= 4 is 28.6 Å². The first-order chi connectivity index (χ1) is 14.8. The van der Waals surface area contributed by atoms with Crippen LogP contribution in [0.25, 0.3) is 0 Å². The molecule has 30 heavy (non-hydrogen) atoms. The lowest BCUT2D eigenvalue weighted by atomic mass is 9.93. The van der Waals surface area contributed by atoms with Crippen LogP contribution in [-0.4, -0.2) is 37.0 Å². The average molecular weight is 418 g/mol. The molecule has 4 nitrogen and oxygen atoms in total. The van der Waals surface area contributed by atoms with Crippen molar-refractivity contribution in [3.63, 3.8) is 0 Å². The van der Waals surface area contributed by atoms with Crippen molar-refractivity contribution in [2.24, 2.45) is 0 Å². The molecule has 1 amide bonds. The lowest BCUT2D eigenvalue weighted by molar-refractivity contribution is -0.117. The van der Waals surface area contributed by atoms with Crippen LogP contribution in [0.1, 0.15) is 34.9 Å². The van der Waals surface area contributed by atoms with E-state index in [4.69, 9.17) is 0 Å². The van der Waals surface area contributed by atoms with E-state index in [1.54, 1.807) is 0 Å². The number of nitrogens with zero attached hydrogens (tertiary/aromatic N) is 2. The number of benzene rings is 2. The Hall–Kier alpha value is -2.63. The lowest BCUT2D eigenvalue weighted by Crippen LogP contribution is -2.40.